The number of alkyl halides is 2. The molecule has 2 N–H and O–H groups in total. The highest BCUT2D eigenvalue weighted by Gasteiger charge is 2.17. The van der Waals surface area contributed by atoms with Crippen molar-refractivity contribution >= 4 is 23.2 Å². The Morgan fingerprint density at radius 2 is 1.88 bits per heavy atom. The summed E-state index contributed by atoms with van der Waals surface area (Å²) in [4.78, 5) is 21.4. The molecule has 0 radical (unpaired) electrons. The summed E-state index contributed by atoms with van der Waals surface area (Å²) >= 11 is 0. The quantitative estimate of drug-likeness (QED) is 0.856. The molecule has 2 amide bonds. The van der Waals surface area contributed by atoms with Gasteiger partial charge in [-0.15, -0.1) is 0 Å². The van der Waals surface area contributed by atoms with E-state index in [1.807, 2.05) is 0 Å². The molecule has 0 bridgehead atoms. The van der Waals surface area contributed by atoms with Crippen LogP contribution >= 0.6 is 0 Å². The van der Waals surface area contributed by atoms with Gasteiger partial charge in [-0.25, -0.2) is 4.39 Å². The second-order valence-corrected chi connectivity index (χ2v) is 3.17. The third-order valence-corrected chi connectivity index (χ3v) is 1.74. The Labute approximate surface area is 94.8 Å². The lowest BCUT2D eigenvalue weighted by Crippen LogP contribution is -2.21. The lowest BCUT2D eigenvalue weighted by Gasteiger charge is -2.08. The number of hydrogen-bond acceptors (Lipinski definition) is 2. The third kappa shape index (κ3) is 3.78. The van der Waals surface area contributed by atoms with Crippen molar-refractivity contribution in [2.24, 2.45) is 0 Å². The van der Waals surface area contributed by atoms with E-state index in [9.17, 15) is 22.8 Å². The van der Waals surface area contributed by atoms with Gasteiger partial charge in [-0.05, 0) is 18.2 Å². The first-order valence-electron chi connectivity index (χ1n) is 4.56. The molecule has 0 saturated carbocycles. The number of carbonyl (C=O) groups is 2. The Balaban J connectivity index is 2.90. The van der Waals surface area contributed by atoms with Gasteiger partial charge in [-0.1, -0.05) is 0 Å². The van der Waals surface area contributed by atoms with Crippen LogP contribution in [0.15, 0.2) is 18.2 Å². The number of halogens is 3. The van der Waals surface area contributed by atoms with Crippen LogP contribution in [0.1, 0.15) is 6.92 Å². The van der Waals surface area contributed by atoms with Gasteiger partial charge in [0.2, 0.25) is 5.91 Å². The fourth-order valence-corrected chi connectivity index (χ4v) is 1.09. The summed E-state index contributed by atoms with van der Waals surface area (Å²) in [5.74, 6) is -2.88. The van der Waals surface area contributed by atoms with Crippen LogP contribution < -0.4 is 10.6 Å². The van der Waals surface area contributed by atoms with E-state index in [0.717, 1.165) is 12.1 Å². The van der Waals surface area contributed by atoms with E-state index in [2.05, 4.69) is 5.32 Å². The molecule has 0 saturated heterocycles. The Morgan fingerprint density at radius 3 is 2.41 bits per heavy atom. The van der Waals surface area contributed by atoms with Crippen LogP contribution in [0.3, 0.4) is 0 Å². The molecule has 0 spiro atoms. The summed E-state index contributed by atoms with van der Waals surface area (Å²) < 4.78 is 37.1. The van der Waals surface area contributed by atoms with Gasteiger partial charge < -0.3 is 10.6 Å². The third-order valence-electron chi connectivity index (χ3n) is 1.74. The SMILES string of the molecule is CC(=O)Nc1ccc(F)c(NC(=O)C(F)F)c1. The Hall–Kier alpha value is -2.05. The molecule has 0 fully saturated rings. The van der Waals surface area contributed by atoms with Gasteiger partial charge >= 0.3 is 6.43 Å². The van der Waals surface area contributed by atoms with Gasteiger partial charge in [-0.3, -0.25) is 9.59 Å². The molecule has 0 atom stereocenters. The zero-order valence-electron chi connectivity index (χ0n) is 8.76. The summed E-state index contributed by atoms with van der Waals surface area (Å²) in [6, 6.07) is 3.25. The predicted octanol–water partition coefficient (Wildman–Crippen LogP) is 1.99. The predicted molar refractivity (Wildman–Crippen MR) is 55.3 cm³/mol. The van der Waals surface area contributed by atoms with Crippen LogP contribution in [0.5, 0.6) is 0 Å². The van der Waals surface area contributed by atoms with Crippen molar-refractivity contribution in [1.82, 2.24) is 0 Å². The summed E-state index contributed by atoms with van der Waals surface area (Å²) in [6.07, 6.45) is -3.24. The summed E-state index contributed by atoms with van der Waals surface area (Å²) in [7, 11) is 0. The first-order chi connectivity index (χ1) is 7.90. The van der Waals surface area contributed by atoms with E-state index in [-0.39, 0.29) is 5.69 Å². The number of hydrogen-bond donors (Lipinski definition) is 2. The minimum atomic E-state index is -3.24. The largest absolute Gasteiger partial charge is 0.326 e. The molecular formula is C10H9F3N2O2. The second kappa shape index (κ2) is 5.33. The highest BCUT2D eigenvalue weighted by atomic mass is 19.3. The number of nitrogens with one attached hydrogen (secondary N) is 2. The molecule has 0 unspecified atom stereocenters. The van der Waals surface area contributed by atoms with Crippen molar-refractivity contribution in [2.45, 2.75) is 13.3 Å². The Morgan fingerprint density at radius 1 is 1.24 bits per heavy atom. The molecule has 0 aromatic heterocycles. The molecule has 0 aliphatic heterocycles. The van der Waals surface area contributed by atoms with Crippen LogP contribution in [0.25, 0.3) is 0 Å². The van der Waals surface area contributed by atoms with Gasteiger partial charge in [0.05, 0.1) is 5.69 Å². The second-order valence-electron chi connectivity index (χ2n) is 3.17. The van der Waals surface area contributed by atoms with Crippen LogP contribution in [0.4, 0.5) is 24.5 Å². The molecule has 0 aliphatic carbocycles. The van der Waals surface area contributed by atoms with Gasteiger partial charge in [0.25, 0.3) is 5.91 Å². The van der Waals surface area contributed by atoms with Crippen molar-refractivity contribution in [3.63, 3.8) is 0 Å². The van der Waals surface area contributed by atoms with E-state index >= 15 is 0 Å². The zero-order chi connectivity index (χ0) is 13.0. The molecule has 0 aliphatic rings. The average molecular weight is 246 g/mol. The summed E-state index contributed by atoms with van der Waals surface area (Å²) in [6.45, 7) is 1.24. The molecule has 4 nitrogen and oxygen atoms in total. The molecule has 1 aromatic rings. The molecule has 92 valence electrons. The van der Waals surface area contributed by atoms with Crippen molar-refractivity contribution < 1.29 is 22.8 Å². The maximum Gasteiger partial charge on any atom is 0.315 e. The fraction of sp³-hybridized carbons (Fsp3) is 0.200. The van der Waals surface area contributed by atoms with Crippen LogP contribution in [-0.2, 0) is 9.59 Å². The van der Waals surface area contributed by atoms with Crippen molar-refractivity contribution in [3.05, 3.63) is 24.0 Å². The first-order valence-corrected chi connectivity index (χ1v) is 4.56. The van der Waals surface area contributed by atoms with Gasteiger partial charge in [0.15, 0.2) is 0 Å². The van der Waals surface area contributed by atoms with E-state index in [4.69, 9.17) is 0 Å². The maximum atomic E-state index is 13.2. The summed E-state index contributed by atoms with van der Waals surface area (Å²) in [5.41, 5.74) is -0.218. The van der Waals surface area contributed by atoms with Crippen LogP contribution in [-0.4, -0.2) is 18.2 Å². The smallest absolute Gasteiger partial charge is 0.315 e. The van der Waals surface area contributed by atoms with Crippen molar-refractivity contribution in [1.29, 1.82) is 0 Å². The number of carbonyl (C=O) groups excluding carboxylic acids is 2. The number of rotatable bonds is 3. The number of benzene rings is 1. The van der Waals surface area contributed by atoms with E-state index in [1.54, 1.807) is 5.32 Å². The van der Waals surface area contributed by atoms with Crippen molar-refractivity contribution in [2.75, 3.05) is 10.6 Å². The van der Waals surface area contributed by atoms with Crippen LogP contribution in [0.2, 0.25) is 0 Å². The highest BCUT2D eigenvalue weighted by molar-refractivity contribution is 5.94. The fourth-order valence-electron chi connectivity index (χ4n) is 1.09. The normalized spacial score (nSPS) is 10.2. The molecular weight excluding hydrogens is 237 g/mol. The minimum absolute atomic E-state index is 0.198. The van der Waals surface area contributed by atoms with E-state index < -0.39 is 29.7 Å². The first kappa shape index (κ1) is 13.0. The highest BCUT2D eigenvalue weighted by Crippen LogP contribution is 2.20. The summed E-state index contributed by atoms with van der Waals surface area (Å²) in [5, 5.41) is 4.04. The molecule has 7 heteroatoms. The monoisotopic (exact) mass is 246 g/mol. The van der Waals surface area contributed by atoms with Gasteiger partial charge in [0, 0.05) is 12.6 Å². The number of anilines is 2. The Bertz CT molecular complexity index is 449. The van der Waals surface area contributed by atoms with Gasteiger partial charge in [-0.2, -0.15) is 8.78 Å². The lowest BCUT2D eigenvalue weighted by molar-refractivity contribution is -0.126. The standard InChI is InChI=1S/C10H9F3N2O2/c1-5(16)14-6-2-3-7(11)8(4-6)15-10(17)9(12)13/h2-4,9H,1H3,(H,14,16)(H,15,17). The molecule has 1 rings (SSSR count). The Kier molecular flexibility index (Phi) is 4.08. The zero-order valence-corrected chi connectivity index (χ0v) is 8.76. The minimum Gasteiger partial charge on any atom is -0.326 e. The molecule has 1 aromatic carbocycles. The molecule has 17 heavy (non-hydrogen) atoms. The van der Waals surface area contributed by atoms with E-state index in [0.29, 0.717) is 0 Å². The molecule has 0 heterocycles. The van der Waals surface area contributed by atoms with Gasteiger partial charge in [0.1, 0.15) is 5.82 Å². The lowest BCUT2D eigenvalue weighted by atomic mass is 10.2. The van der Waals surface area contributed by atoms with Crippen molar-refractivity contribution in [3.8, 4) is 0 Å². The van der Waals surface area contributed by atoms with Crippen LogP contribution in [0, 0.1) is 5.82 Å². The average Bonchev–Trinajstić information content (AvgIpc) is 2.22. The number of amides is 2. The maximum absolute atomic E-state index is 13.2. The van der Waals surface area contributed by atoms with E-state index in [1.165, 1.54) is 13.0 Å². The topological polar surface area (TPSA) is 58.2 Å².